The highest BCUT2D eigenvalue weighted by molar-refractivity contribution is 7.80. The summed E-state index contributed by atoms with van der Waals surface area (Å²) < 4.78 is 0. The van der Waals surface area contributed by atoms with Gasteiger partial charge in [-0.15, -0.1) is 0 Å². The number of aliphatic hydroxyl groups is 1. The zero-order chi connectivity index (χ0) is 9.68. The van der Waals surface area contributed by atoms with E-state index in [0.29, 0.717) is 0 Å². The van der Waals surface area contributed by atoms with Gasteiger partial charge in [-0.3, -0.25) is 0 Å². The molecule has 0 spiro atoms. The summed E-state index contributed by atoms with van der Waals surface area (Å²) in [5.41, 5.74) is 3.04. The summed E-state index contributed by atoms with van der Waals surface area (Å²) in [7, 11) is 0. The lowest BCUT2D eigenvalue weighted by Gasteiger charge is -2.08. The van der Waals surface area contributed by atoms with Crippen molar-refractivity contribution in [3.05, 3.63) is 42.0 Å². The van der Waals surface area contributed by atoms with Crippen molar-refractivity contribution >= 4 is 18.2 Å². The van der Waals surface area contributed by atoms with E-state index in [2.05, 4.69) is 19.2 Å². The molecule has 0 aliphatic carbocycles. The first kappa shape index (κ1) is 10.4. The molecule has 70 valence electrons. The van der Waals surface area contributed by atoms with Crippen LogP contribution in [0, 0.1) is 0 Å². The average Bonchev–Trinajstić information content (AvgIpc) is 2.18. The molecule has 1 aromatic carbocycles. The topological polar surface area (TPSA) is 20.2 Å². The van der Waals surface area contributed by atoms with E-state index in [1.54, 1.807) is 0 Å². The Morgan fingerprint density at radius 3 is 2.69 bits per heavy atom. The predicted octanol–water partition coefficient (Wildman–Crippen LogP) is 2.51. The molecule has 1 rings (SSSR count). The van der Waals surface area contributed by atoms with Gasteiger partial charge in [0.15, 0.2) is 0 Å². The first-order valence-electron chi connectivity index (χ1n) is 4.27. The molecule has 0 amide bonds. The number of benzene rings is 1. The van der Waals surface area contributed by atoms with Gasteiger partial charge in [-0.05, 0) is 28.9 Å². The second kappa shape index (κ2) is 5.10. The lowest BCUT2D eigenvalue weighted by molar-refractivity contribution is 0.281. The quantitative estimate of drug-likeness (QED) is 0.706. The Morgan fingerprint density at radius 1 is 1.38 bits per heavy atom. The molecular weight excluding hydrogens is 180 g/mol. The maximum absolute atomic E-state index is 9.08. The Balaban J connectivity index is 2.92. The van der Waals surface area contributed by atoms with Crippen molar-refractivity contribution in [3.8, 4) is 0 Å². The number of thiol groups is 1. The number of allylic oxidation sites excluding steroid dienone is 1. The summed E-state index contributed by atoms with van der Waals surface area (Å²) in [4.78, 5) is 0. The molecule has 0 bridgehead atoms. The van der Waals surface area contributed by atoms with Crippen LogP contribution in [0.2, 0.25) is 0 Å². The van der Waals surface area contributed by atoms with Crippen molar-refractivity contribution in [3.63, 3.8) is 0 Å². The molecule has 1 N–H and O–H groups in total. The monoisotopic (exact) mass is 194 g/mol. The highest BCUT2D eigenvalue weighted by atomic mass is 32.1. The summed E-state index contributed by atoms with van der Waals surface area (Å²) in [5.74, 6) is 0.790. The molecule has 0 saturated carbocycles. The average molecular weight is 194 g/mol. The van der Waals surface area contributed by atoms with Crippen LogP contribution in [0.3, 0.4) is 0 Å². The fourth-order valence-electron chi connectivity index (χ4n) is 1.27. The van der Waals surface area contributed by atoms with E-state index >= 15 is 0 Å². The standard InChI is InChI=1S/C11H14OS/c1-9(6-7-13)11-5-3-2-4-10(11)8-12/h2-5,12-13H,1,6-8H2. The maximum atomic E-state index is 9.08. The fourth-order valence-corrected chi connectivity index (χ4v) is 1.54. The van der Waals surface area contributed by atoms with Crippen LogP contribution in [-0.4, -0.2) is 10.9 Å². The van der Waals surface area contributed by atoms with Crippen molar-refractivity contribution in [2.24, 2.45) is 0 Å². The molecule has 0 saturated heterocycles. The maximum Gasteiger partial charge on any atom is 0.0687 e. The third kappa shape index (κ3) is 2.61. The van der Waals surface area contributed by atoms with Crippen molar-refractivity contribution in [1.82, 2.24) is 0 Å². The lowest BCUT2D eigenvalue weighted by Crippen LogP contribution is -1.92. The van der Waals surface area contributed by atoms with Crippen LogP contribution >= 0.6 is 12.6 Å². The van der Waals surface area contributed by atoms with E-state index in [1.807, 2.05) is 24.3 Å². The van der Waals surface area contributed by atoms with Gasteiger partial charge < -0.3 is 5.11 Å². The highest BCUT2D eigenvalue weighted by Crippen LogP contribution is 2.20. The molecule has 1 aromatic rings. The van der Waals surface area contributed by atoms with Crippen LogP contribution in [0.15, 0.2) is 30.8 Å². The number of hydrogen-bond donors (Lipinski definition) is 2. The smallest absolute Gasteiger partial charge is 0.0687 e. The predicted molar refractivity (Wildman–Crippen MR) is 59.9 cm³/mol. The normalized spacial score (nSPS) is 10.0. The van der Waals surface area contributed by atoms with Crippen LogP contribution in [0.5, 0.6) is 0 Å². The minimum absolute atomic E-state index is 0.0712. The van der Waals surface area contributed by atoms with Crippen LogP contribution in [0.1, 0.15) is 17.5 Å². The van der Waals surface area contributed by atoms with E-state index < -0.39 is 0 Å². The van der Waals surface area contributed by atoms with E-state index in [9.17, 15) is 0 Å². The minimum atomic E-state index is 0.0712. The first-order chi connectivity index (χ1) is 6.29. The molecule has 0 heterocycles. The van der Waals surface area contributed by atoms with Gasteiger partial charge in [-0.1, -0.05) is 30.8 Å². The van der Waals surface area contributed by atoms with E-state index in [-0.39, 0.29) is 6.61 Å². The van der Waals surface area contributed by atoms with Gasteiger partial charge in [-0.25, -0.2) is 0 Å². The molecule has 0 unspecified atom stereocenters. The molecule has 13 heavy (non-hydrogen) atoms. The van der Waals surface area contributed by atoms with Gasteiger partial charge >= 0.3 is 0 Å². The van der Waals surface area contributed by atoms with Crippen LogP contribution in [0.4, 0.5) is 0 Å². The van der Waals surface area contributed by atoms with Gasteiger partial charge in [0.2, 0.25) is 0 Å². The summed E-state index contributed by atoms with van der Waals surface area (Å²) in [5, 5.41) is 9.08. The highest BCUT2D eigenvalue weighted by Gasteiger charge is 2.02. The Labute approximate surface area is 84.5 Å². The second-order valence-electron chi connectivity index (χ2n) is 2.89. The molecule has 0 fully saturated rings. The van der Waals surface area contributed by atoms with Crippen LogP contribution in [0.25, 0.3) is 5.57 Å². The van der Waals surface area contributed by atoms with Crippen molar-refractivity contribution in [2.45, 2.75) is 13.0 Å². The number of hydrogen-bond acceptors (Lipinski definition) is 2. The van der Waals surface area contributed by atoms with Crippen molar-refractivity contribution < 1.29 is 5.11 Å². The van der Waals surface area contributed by atoms with Crippen molar-refractivity contribution in [2.75, 3.05) is 5.75 Å². The molecule has 1 nitrogen and oxygen atoms in total. The molecule has 0 aromatic heterocycles. The Hall–Kier alpha value is -0.730. The summed E-state index contributed by atoms with van der Waals surface area (Å²) in [6, 6.07) is 7.78. The third-order valence-electron chi connectivity index (χ3n) is 1.98. The molecule has 0 radical (unpaired) electrons. The summed E-state index contributed by atoms with van der Waals surface area (Å²) >= 11 is 4.15. The third-order valence-corrected chi connectivity index (χ3v) is 2.21. The molecule has 0 aliphatic heterocycles. The molecule has 2 heteroatoms. The Morgan fingerprint density at radius 2 is 2.08 bits per heavy atom. The Kier molecular flexibility index (Phi) is 4.06. The zero-order valence-electron chi connectivity index (χ0n) is 7.53. The minimum Gasteiger partial charge on any atom is -0.392 e. The first-order valence-corrected chi connectivity index (χ1v) is 4.90. The Bertz CT molecular complexity index is 294. The molecule has 0 aliphatic rings. The second-order valence-corrected chi connectivity index (χ2v) is 3.34. The zero-order valence-corrected chi connectivity index (χ0v) is 8.43. The summed E-state index contributed by atoms with van der Waals surface area (Å²) in [6.45, 7) is 4.03. The fraction of sp³-hybridized carbons (Fsp3) is 0.273. The van der Waals surface area contributed by atoms with Crippen LogP contribution < -0.4 is 0 Å². The SMILES string of the molecule is C=C(CCS)c1ccccc1CO. The van der Waals surface area contributed by atoms with Gasteiger partial charge in [0.25, 0.3) is 0 Å². The summed E-state index contributed by atoms with van der Waals surface area (Å²) in [6.07, 6.45) is 0.861. The largest absolute Gasteiger partial charge is 0.392 e. The number of rotatable bonds is 4. The lowest BCUT2D eigenvalue weighted by atomic mass is 10.00. The van der Waals surface area contributed by atoms with Gasteiger partial charge in [0.05, 0.1) is 6.61 Å². The van der Waals surface area contributed by atoms with Gasteiger partial charge in [0, 0.05) is 0 Å². The number of aliphatic hydroxyl groups excluding tert-OH is 1. The van der Waals surface area contributed by atoms with E-state index in [4.69, 9.17) is 5.11 Å². The molecular formula is C11H14OS. The van der Waals surface area contributed by atoms with Gasteiger partial charge in [-0.2, -0.15) is 12.6 Å². The van der Waals surface area contributed by atoms with Crippen molar-refractivity contribution in [1.29, 1.82) is 0 Å². The molecule has 0 atom stereocenters. The van der Waals surface area contributed by atoms with Crippen LogP contribution in [-0.2, 0) is 6.61 Å². The van der Waals surface area contributed by atoms with E-state index in [1.165, 1.54) is 0 Å². The van der Waals surface area contributed by atoms with Gasteiger partial charge in [0.1, 0.15) is 0 Å². The van der Waals surface area contributed by atoms with E-state index in [0.717, 1.165) is 28.9 Å².